The molecule has 5 heteroatoms. The van der Waals surface area contributed by atoms with Gasteiger partial charge >= 0.3 is 0 Å². The van der Waals surface area contributed by atoms with Crippen LogP contribution < -0.4 is 10.6 Å². The highest BCUT2D eigenvalue weighted by Crippen LogP contribution is 2.09. The predicted molar refractivity (Wildman–Crippen MR) is 82.9 cm³/mol. The second-order valence-electron chi connectivity index (χ2n) is 5.55. The zero-order chi connectivity index (χ0) is 15.1. The second-order valence-corrected chi connectivity index (χ2v) is 6.50. The highest BCUT2D eigenvalue weighted by Gasteiger charge is 2.18. The van der Waals surface area contributed by atoms with Crippen LogP contribution in [-0.2, 0) is 4.79 Å². The maximum Gasteiger partial charge on any atom is 0.261 e. The quantitative estimate of drug-likeness (QED) is 0.813. The maximum atomic E-state index is 12.0. The summed E-state index contributed by atoms with van der Waals surface area (Å²) in [6.07, 6.45) is 2.03. The topological polar surface area (TPSA) is 58.2 Å². The summed E-state index contributed by atoms with van der Waals surface area (Å²) >= 11 is 1.37. The van der Waals surface area contributed by atoms with Crippen LogP contribution in [0, 0.1) is 5.92 Å². The van der Waals surface area contributed by atoms with Crippen LogP contribution in [0.1, 0.15) is 50.2 Å². The van der Waals surface area contributed by atoms with Crippen molar-refractivity contribution in [2.45, 2.75) is 52.6 Å². The smallest absolute Gasteiger partial charge is 0.261 e. The normalized spacial score (nSPS) is 13.8. The van der Waals surface area contributed by atoms with E-state index >= 15 is 0 Å². The van der Waals surface area contributed by atoms with Gasteiger partial charge in [0, 0.05) is 6.04 Å². The van der Waals surface area contributed by atoms with Gasteiger partial charge in [-0.3, -0.25) is 9.59 Å². The molecule has 2 atom stereocenters. The van der Waals surface area contributed by atoms with Crippen molar-refractivity contribution in [3.63, 3.8) is 0 Å². The Kier molecular flexibility index (Phi) is 6.71. The lowest BCUT2D eigenvalue weighted by molar-refractivity contribution is -0.123. The molecule has 0 aromatic carbocycles. The lowest BCUT2D eigenvalue weighted by Crippen LogP contribution is -2.47. The minimum Gasteiger partial charge on any atom is -0.352 e. The largest absolute Gasteiger partial charge is 0.352 e. The Morgan fingerprint density at radius 1 is 1.15 bits per heavy atom. The molecule has 0 radical (unpaired) electrons. The van der Waals surface area contributed by atoms with E-state index in [-0.39, 0.29) is 17.9 Å². The molecule has 0 aliphatic heterocycles. The van der Waals surface area contributed by atoms with E-state index in [0.717, 1.165) is 12.8 Å². The lowest BCUT2D eigenvalue weighted by atomic mass is 10.0. The minimum absolute atomic E-state index is 0.131. The molecule has 1 heterocycles. The summed E-state index contributed by atoms with van der Waals surface area (Å²) in [6.45, 7) is 8.03. The third-order valence-electron chi connectivity index (χ3n) is 3.05. The van der Waals surface area contributed by atoms with Crippen molar-refractivity contribution < 1.29 is 9.59 Å². The first-order valence-electron chi connectivity index (χ1n) is 7.05. The van der Waals surface area contributed by atoms with Crippen LogP contribution in [-0.4, -0.2) is 23.9 Å². The van der Waals surface area contributed by atoms with Crippen molar-refractivity contribution in [3.8, 4) is 0 Å². The van der Waals surface area contributed by atoms with E-state index in [2.05, 4.69) is 24.5 Å². The summed E-state index contributed by atoms with van der Waals surface area (Å²) in [5.74, 6) is 0.300. The highest BCUT2D eigenvalue weighted by molar-refractivity contribution is 7.12. The molecule has 0 aliphatic rings. The Morgan fingerprint density at radius 2 is 1.85 bits per heavy atom. The average molecular weight is 296 g/mol. The Hall–Kier alpha value is -1.36. The number of carbonyl (C=O) groups excluding carboxylic acids is 2. The minimum atomic E-state index is -0.522. The lowest BCUT2D eigenvalue weighted by Gasteiger charge is -2.19. The first-order valence-corrected chi connectivity index (χ1v) is 7.92. The third kappa shape index (κ3) is 5.74. The molecule has 0 saturated carbocycles. The number of thiophene rings is 1. The van der Waals surface area contributed by atoms with Crippen molar-refractivity contribution >= 4 is 23.2 Å². The molecule has 20 heavy (non-hydrogen) atoms. The molecule has 1 rings (SSSR count). The summed E-state index contributed by atoms with van der Waals surface area (Å²) in [4.78, 5) is 24.4. The molecule has 1 aromatic rings. The van der Waals surface area contributed by atoms with Crippen molar-refractivity contribution in [1.82, 2.24) is 10.6 Å². The monoisotopic (exact) mass is 296 g/mol. The Morgan fingerprint density at radius 3 is 2.40 bits per heavy atom. The van der Waals surface area contributed by atoms with Gasteiger partial charge in [0.1, 0.15) is 6.04 Å². The third-order valence-corrected chi connectivity index (χ3v) is 3.92. The molecule has 2 N–H and O–H groups in total. The summed E-state index contributed by atoms with van der Waals surface area (Å²) in [6, 6.07) is 3.17. The van der Waals surface area contributed by atoms with Crippen LogP contribution >= 0.6 is 11.3 Å². The maximum absolute atomic E-state index is 12.0. The fourth-order valence-electron chi connectivity index (χ4n) is 1.76. The van der Waals surface area contributed by atoms with Crippen LogP contribution in [0.2, 0.25) is 0 Å². The molecular weight excluding hydrogens is 272 g/mol. The van der Waals surface area contributed by atoms with Crippen molar-refractivity contribution in [1.29, 1.82) is 0 Å². The standard InChI is InChI=1S/C15H24N2O2S/c1-10(2)7-8-11(3)16-14(18)12(4)17-15(19)13-6-5-9-20-13/h5-6,9-12H,7-8H2,1-4H3,(H,16,18)(H,17,19). The summed E-state index contributed by atoms with van der Waals surface area (Å²) in [7, 11) is 0. The zero-order valence-electron chi connectivity index (χ0n) is 12.6. The number of hydrogen-bond donors (Lipinski definition) is 2. The van der Waals surface area contributed by atoms with Crippen LogP contribution in [0.25, 0.3) is 0 Å². The van der Waals surface area contributed by atoms with E-state index in [1.54, 1.807) is 13.0 Å². The van der Waals surface area contributed by atoms with Crippen LogP contribution in [0.5, 0.6) is 0 Å². The number of carbonyl (C=O) groups is 2. The molecule has 0 aliphatic carbocycles. The van der Waals surface area contributed by atoms with Gasteiger partial charge in [-0.25, -0.2) is 0 Å². The fourth-order valence-corrected chi connectivity index (χ4v) is 2.39. The van der Waals surface area contributed by atoms with Gasteiger partial charge in [-0.2, -0.15) is 0 Å². The van der Waals surface area contributed by atoms with E-state index in [1.165, 1.54) is 11.3 Å². The van der Waals surface area contributed by atoms with Gasteiger partial charge in [0.05, 0.1) is 4.88 Å². The van der Waals surface area contributed by atoms with E-state index in [9.17, 15) is 9.59 Å². The molecule has 1 aromatic heterocycles. The molecule has 0 saturated heterocycles. The summed E-state index contributed by atoms with van der Waals surface area (Å²) < 4.78 is 0. The first kappa shape index (κ1) is 16.7. The molecule has 2 amide bonds. The zero-order valence-corrected chi connectivity index (χ0v) is 13.4. The molecule has 112 valence electrons. The number of nitrogens with one attached hydrogen (secondary N) is 2. The van der Waals surface area contributed by atoms with Crippen molar-refractivity contribution in [3.05, 3.63) is 22.4 Å². The van der Waals surface area contributed by atoms with Crippen molar-refractivity contribution in [2.75, 3.05) is 0 Å². The predicted octanol–water partition coefficient (Wildman–Crippen LogP) is 2.81. The number of hydrogen-bond acceptors (Lipinski definition) is 3. The molecule has 0 bridgehead atoms. The second kappa shape index (κ2) is 8.04. The van der Waals surface area contributed by atoms with E-state index in [0.29, 0.717) is 10.8 Å². The fraction of sp³-hybridized carbons (Fsp3) is 0.600. The van der Waals surface area contributed by atoms with Gasteiger partial charge < -0.3 is 10.6 Å². The molecule has 0 fully saturated rings. The van der Waals surface area contributed by atoms with Crippen molar-refractivity contribution in [2.24, 2.45) is 5.92 Å². The Bertz CT molecular complexity index is 429. The summed E-state index contributed by atoms with van der Waals surface area (Å²) in [5.41, 5.74) is 0. The van der Waals surface area contributed by atoms with E-state index in [4.69, 9.17) is 0 Å². The van der Waals surface area contributed by atoms with E-state index in [1.807, 2.05) is 18.4 Å². The van der Waals surface area contributed by atoms with Gasteiger partial charge in [0.25, 0.3) is 5.91 Å². The van der Waals surface area contributed by atoms with Gasteiger partial charge in [-0.05, 0) is 44.1 Å². The highest BCUT2D eigenvalue weighted by atomic mass is 32.1. The van der Waals surface area contributed by atoms with Gasteiger partial charge in [0.2, 0.25) is 5.91 Å². The average Bonchev–Trinajstić information content (AvgIpc) is 2.90. The SMILES string of the molecule is CC(C)CCC(C)NC(=O)C(C)NC(=O)c1cccs1. The molecule has 0 spiro atoms. The molecule has 4 nitrogen and oxygen atoms in total. The van der Waals surface area contributed by atoms with E-state index < -0.39 is 6.04 Å². The van der Waals surface area contributed by atoms with Gasteiger partial charge in [0.15, 0.2) is 0 Å². The van der Waals surface area contributed by atoms with Gasteiger partial charge in [-0.15, -0.1) is 11.3 Å². The van der Waals surface area contributed by atoms with Crippen LogP contribution in [0.3, 0.4) is 0 Å². The van der Waals surface area contributed by atoms with Crippen LogP contribution in [0.15, 0.2) is 17.5 Å². The van der Waals surface area contributed by atoms with Gasteiger partial charge in [-0.1, -0.05) is 19.9 Å². The first-order chi connectivity index (χ1) is 9.40. The Labute approximate surface area is 125 Å². The molecule has 2 unspecified atom stereocenters. The Balaban J connectivity index is 2.37. The molecular formula is C15H24N2O2S. The number of rotatable bonds is 7. The number of amides is 2. The summed E-state index contributed by atoms with van der Waals surface area (Å²) in [5, 5.41) is 7.49. The van der Waals surface area contributed by atoms with Crippen LogP contribution in [0.4, 0.5) is 0 Å².